The molecule has 0 atom stereocenters. The van der Waals surface area contributed by atoms with Gasteiger partial charge in [-0.1, -0.05) is 42.5 Å². The van der Waals surface area contributed by atoms with Crippen molar-refractivity contribution >= 4 is 34.7 Å². The van der Waals surface area contributed by atoms with Crippen LogP contribution in [0.3, 0.4) is 0 Å². The molecule has 1 aliphatic rings. The van der Waals surface area contributed by atoms with Gasteiger partial charge in [0.2, 0.25) is 0 Å². The summed E-state index contributed by atoms with van der Waals surface area (Å²) < 4.78 is 5.59. The van der Waals surface area contributed by atoms with E-state index in [0.717, 1.165) is 22.2 Å². The number of nitrogens with zero attached hydrogens (tertiary/aromatic N) is 2. The number of imide groups is 1. The summed E-state index contributed by atoms with van der Waals surface area (Å²) in [5.41, 5.74) is 1.11. The molecule has 1 saturated heterocycles. The normalized spacial score (nSPS) is 15.1. The molecule has 28 heavy (non-hydrogen) atoms. The van der Waals surface area contributed by atoms with Crippen LogP contribution in [0, 0.1) is 10.1 Å². The Morgan fingerprint density at radius 3 is 2.61 bits per heavy atom. The first kappa shape index (κ1) is 19.4. The Morgan fingerprint density at radius 2 is 1.93 bits per heavy atom. The highest BCUT2D eigenvalue weighted by atomic mass is 32.2. The lowest BCUT2D eigenvalue weighted by atomic mass is 10.1. The molecule has 0 aliphatic carbocycles. The third-order valence-corrected chi connectivity index (χ3v) is 4.81. The molecule has 8 heteroatoms. The third-order valence-electron chi connectivity index (χ3n) is 3.90. The summed E-state index contributed by atoms with van der Waals surface area (Å²) in [5.74, 6) is -0.312. The van der Waals surface area contributed by atoms with Gasteiger partial charge < -0.3 is 4.74 Å². The van der Waals surface area contributed by atoms with E-state index in [1.807, 2.05) is 30.3 Å². The maximum Gasteiger partial charge on any atom is 0.311 e. The van der Waals surface area contributed by atoms with Crippen LogP contribution in [0.15, 0.2) is 66.1 Å². The van der Waals surface area contributed by atoms with Gasteiger partial charge in [0.15, 0.2) is 5.75 Å². The average molecular weight is 396 g/mol. The van der Waals surface area contributed by atoms with Crippen LogP contribution in [-0.4, -0.2) is 27.5 Å². The summed E-state index contributed by atoms with van der Waals surface area (Å²) in [7, 11) is 0. The lowest BCUT2D eigenvalue weighted by molar-refractivity contribution is -0.386. The van der Waals surface area contributed by atoms with Crippen molar-refractivity contribution < 1.29 is 19.2 Å². The second-order valence-electron chi connectivity index (χ2n) is 5.84. The van der Waals surface area contributed by atoms with Gasteiger partial charge in [-0.3, -0.25) is 24.6 Å². The summed E-state index contributed by atoms with van der Waals surface area (Å²) in [6.07, 6.45) is 2.92. The fraction of sp³-hybridized carbons (Fsp3) is 0.100. The highest BCUT2D eigenvalue weighted by molar-refractivity contribution is 8.18. The Hall–Kier alpha value is -3.39. The number of nitro groups is 1. The van der Waals surface area contributed by atoms with Crippen LogP contribution in [-0.2, 0) is 11.4 Å². The standard InChI is InChI=1S/C20H16N2O5S/c1-2-10-21-19(23)18(28-20(21)24)12-15-8-9-17(16(11-15)22(25)26)27-13-14-6-4-3-5-7-14/h2-9,11-12H,1,10,13H2/b18-12+. The number of thioether (sulfide) groups is 1. The molecule has 0 N–H and O–H groups in total. The molecule has 2 aromatic rings. The minimum atomic E-state index is -0.541. The van der Waals surface area contributed by atoms with E-state index >= 15 is 0 Å². The lowest BCUT2D eigenvalue weighted by Crippen LogP contribution is -2.27. The first-order valence-corrected chi connectivity index (χ1v) is 9.12. The zero-order chi connectivity index (χ0) is 20.1. The van der Waals surface area contributed by atoms with Crippen molar-refractivity contribution in [2.75, 3.05) is 6.54 Å². The molecule has 0 saturated carbocycles. The summed E-state index contributed by atoms with van der Waals surface area (Å²) in [6, 6.07) is 13.7. The predicted molar refractivity (Wildman–Crippen MR) is 107 cm³/mol. The second kappa shape index (κ2) is 8.53. The third kappa shape index (κ3) is 4.29. The summed E-state index contributed by atoms with van der Waals surface area (Å²) in [4.78, 5) is 36.3. The number of rotatable bonds is 7. The number of carbonyl (C=O) groups is 2. The number of ether oxygens (including phenoxy) is 1. The van der Waals surface area contributed by atoms with E-state index in [0.29, 0.717) is 5.56 Å². The summed E-state index contributed by atoms with van der Waals surface area (Å²) in [5, 5.41) is 11.0. The number of nitro benzene ring substituents is 1. The first-order valence-electron chi connectivity index (χ1n) is 8.31. The van der Waals surface area contributed by atoms with Gasteiger partial charge in [0.05, 0.1) is 9.83 Å². The number of benzene rings is 2. The molecule has 142 valence electrons. The quantitative estimate of drug-likeness (QED) is 0.298. The van der Waals surface area contributed by atoms with Crippen molar-refractivity contribution in [1.82, 2.24) is 4.90 Å². The van der Waals surface area contributed by atoms with E-state index in [2.05, 4.69) is 6.58 Å². The van der Waals surface area contributed by atoms with E-state index in [1.54, 1.807) is 6.07 Å². The molecular weight excluding hydrogens is 380 g/mol. The minimum Gasteiger partial charge on any atom is -0.482 e. The van der Waals surface area contributed by atoms with Crippen LogP contribution >= 0.6 is 11.8 Å². The molecule has 0 aromatic heterocycles. The van der Waals surface area contributed by atoms with Crippen LogP contribution in [0.25, 0.3) is 6.08 Å². The van der Waals surface area contributed by atoms with Crippen molar-refractivity contribution in [1.29, 1.82) is 0 Å². The van der Waals surface area contributed by atoms with E-state index in [-0.39, 0.29) is 29.5 Å². The largest absolute Gasteiger partial charge is 0.482 e. The molecule has 0 bridgehead atoms. The number of carbonyl (C=O) groups excluding carboxylic acids is 2. The van der Waals surface area contributed by atoms with Crippen molar-refractivity contribution in [3.8, 4) is 5.75 Å². The molecular formula is C20H16N2O5S. The zero-order valence-electron chi connectivity index (χ0n) is 14.7. The lowest BCUT2D eigenvalue weighted by Gasteiger charge is -2.08. The molecule has 0 radical (unpaired) electrons. The average Bonchev–Trinajstić information content (AvgIpc) is 2.95. The maximum atomic E-state index is 12.3. The smallest absolute Gasteiger partial charge is 0.311 e. The van der Waals surface area contributed by atoms with Crippen molar-refractivity contribution in [2.24, 2.45) is 0 Å². The number of amides is 2. The SMILES string of the molecule is C=CCN1C(=O)S/C(=C/c2ccc(OCc3ccccc3)c([N+](=O)[O-])c2)C1=O. The molecule has 0 spiro atoms. The highest BCUT2D eigenvalue weighted by Crippen LogP contribution is 2.34. The summed E-state index contributed by atoms with van der Waals surface area (Å²) in [6.45, 7) is 3.83. The minimum absolute atomic E-state index is 0.119. The topological polar surface area (TPSA) is 89.8 Å². The molecule has 1 aliphatic heterocycles. The molecule has 7 nitrogen and oxygen atoms in total. The van der Waals surface area contributed by atoms with Gasteiger partial charge in [-0.25, -0.2) is 0 Å². The zero-order valence-corrected chi connectivity index (χ0v) is 15.6. The fourth-order valence-electron chi connectivity index (χ4n) is 2.56. The monoisotopic (exact) mass is 396 g/mol. The highest BCUT2D eigenvalue weighted by Gasteiger charge is 2.34. The Kier molecular flexibility index (Phi) is 5.90. The van der Waals surface area contributed by atoms with Crippen LogP contribution in [0.5, 0.6) is 5.75 Å². The number of hydrogen-bond acceptors (Lipinski definition) is 6. The van der Waals surface area contributed by atoms with Gasteiger partial charge in [0.25, 0.3) is 11.1 Å². The molecule has 1 fully saturated rings. The van der Waals surface area contributed by atoms with Crippen molar-refractivity contribution in [2.45, 2.75) is 6.61 Å². The van der Waals surface area contributed by atoms with E-state index in [1.165, 1.54) is 24.3 Å². The Bertz CT molecular complexity index is 972. The van der Waals surface area contributed by atoms with Crippen molar-refractivity contribution in [3.63, 3.8) is 0 Å². The van der Waals surface area contributed by atoms with Gasteiger partial charge in [-0.2, -0.15) is 0 Å². The van der Waals surface area contributed by atoms with Crippen LogP contribution in [0.1, 0.15) is 11.1 Å². The summed E-state index contributed by atoms with van der Waals surface area (Å²) >= 11 is 0.792. The van der Waals surface area contributed by atoms with Gasteiger partial charge in [-0.15, -0.1) is 6.58 Å². The molecule has 2 amide bonds. The Morgan fingerprint density at radius 1 is 1.18 bits per heavy atom. The Labute approximate surface area is 165 Å². The van der Waals surface area contributed by atoms with E-state index in [4.69, 9.17) is 4.74 Å². The Balaban J connectivity index is 1.83. The van der Waals surface area contributed by atoms with Crippen LogP contribution in [0.4, 0.5) is 10.5 Å². The van der Waals surface area contributed by atoms with Gasteiger partial charge >= 0.3 is 5.69 Å². The van der Waals surface area contributed by atoms with Crippen molar-refractivity contribution in [3.05, 3.63) is 87.3 Å². The molecule has 3 rings (SSSR count). The van der Waals surface area contributed by atoms with Gasteiger partial charge in [0.1, 0.15) is 6.61 Å². The van der Waals surface area contributed by atoms with Crippen LogP contribution in [0.2, 0.25) is 0 Å². The maximum absolute atomic E-state index is 12.3. The second-order valence-corrected chi connectivity index (χ2v) is 6.83. The predicted octanol–water partition coefficient (Wildman–Crippen LogP) is 4.40. The molecule has 1 heterocycles. The van der Waals surface area contributed by atoms with E-state index < -0.39 is 16.1 Å². The molecule has 0 unspecified atom stereocenters. The van der Waals surface area contributed by atoms with Gasteiger partial charge in [-0.05, 0) is 35.0 Å². The van der Waals surface area contributed by atoms with Crippen LogP contribution < -0.4 is 4.74 Å². The number of hydrogen-bond donors (Lipinski definition) is 0. The van der Waals surface area contributed by atoms with Gasteiger partial charge in [0, 0.05) is 12.6 Å². The molecule has 2 aromatic carbocycles. The first-order chi connectivity index (χ1) is 13.5. The van der Waals surface area contributed by atoms with E-state index in [9.17, 15) is 19.7 Å². The fourth-order valence-corrected chi connectivity index (χ4v) is 3.41.